The number of unbranched alkanes of at least 4 members (excludes halogenated alkanes) is 1. The molecule has 0 aliphatic carbocycles. The number of carbonyl (C=O) groups excluding carboxylic acids is 2. The predicted molar refractivity (Wildman–Crippen MR) is 85.1 cm³/mol. The number of nitrogens with zero attached hydrogens (tertiary/aromatic N) is 2. The molecule has 6 nitrogen and oxygen atoms in total. The van der Waals surface area contributed by atoms with Crippen LogP contribution in [-0.4, -0.2) is 28.1 Å². The highest BCUT2D eigenvalue weighted by molar-refractivity contribution is 5.95. The summed E-state index contributed by atoms with van der Waals surface area (Å²) in [7, 11) is 0. The fraction of sp³-hybridized carbons (Fsp3) is 0.312. The van der Waals surface area contributed by atoms with Gasteiger partial charge in [-0.05, 0) is 18.6 Å². The van der Waals surface area contributed by atoms with Crippen LogP contribution in [0.1, 0.15) is 37.2 Å². The van der Waals surface area contributed by atoms with E-state index in [-0.39, 0.29) is 17.5 Å². The van der Waals surface area contributed by atoms with Crippen molar-refractivity contribution in [2.75, 3.05) is 11.9 Å². The Morgan fingerprint density at radius 1 is 1.23 bits per heavy atom. The van der Waals surface area contributed by atoms with Crippen LogP contribution in [0.4, 0.5) is 5.82 Å². The van der Waals surface area contributed by atoms with E-state index in [1.54, 1.807) is 10.7 Å². The molecular formula is C16H20N4O2. The van der Waals surface area contributed by atoms with Crippen molar-refractivity contribution in [1.29, 1.82) is 0 Å². The van der Waals surface area contributed by atoms with Crippen molar-refractivity contribution in [2.45, 2.75) is 26.7 Å². The monoisotopic (exact) mass is 300 g/mol. The molecule has 0 saturated heterocycles. The molecule has 2 N–H and O–H groups in total. The van der Waals surface area contributed by atoms with Crippen molar-refractivity contribution >= 4 is 17.6 Å². The predicted octanol–water partition coefficient (Wildman–Crippen LogP) is 2.36. The van der Waals surface area contributed by atoms with Gasteiger partial charge in [0, 0.05) is 19.5 Å². The van der Waals surface area contributed by atoms with Gasteiger partial charge in [0.05, 0.1) is 5.69 Å². The summed E-state index contributed by atoms with van der Waals surface area (Å²) in [6, 6.07) is 10.9. The average Bonchev–Trinajstić information content (AvgIpc) is 2.91. The number of aromatic nitrogens is 2. The summed E-state index contributed by atoms with van der Waals surface area (Å²) < 4.78 is 1.55. The number of benzene rings is 1. The number of anilines is 1. The van der Waals surface area contributed by atoms with E-state index >= 15 is 0 Å². The van der Waals surface area contributed by atoms with Crippen LogP contribution in [0.25, 0.3) is 5.69 Å². The molecule has 116 valence electrons. The van der Waals surface area contributed by atoms with Gasteiger partial charge in [0.15, 0.2) is 5.69 Å². The number of rotatable bonds is 6. The number of nitrogens with one attached hydrogen (secondary N) is 2. The molecule has 0 unspecified atom stereocenters. The van der Waals surface area contributed by atoms with Gasteiger partial charge in [-0.2, -0.15) is 5.10 Å². The lowest BCUT2D eigenvalue weighted by molar-refractivity contribution is -0.114. The molecule has 0 bridgehead atoms. The molecule has 0 aliphatic rings. The second-order valence-corrected chi connectivity index (χ2v) is 4.95. The van der Waals surface area contributed by atoms with Gasteiger partial charge in [-0.15, -0.1) is 0 Å². The molecule has 2 rings (SSSR count). The lowest BCUT2D eigenvalue weighted by atomic mass is 10.3. The minimum atomic E-state index is -0.241. The number of hydrogen-bond donors (Lipinski definition) is 2. The summed E-state index contributed by atoms with van der Waals surface area (Å²) in [5, 5.41) is 9.82. The minimum absolute atomic E-state index is 0.213. The van der Waals surface area contributed by atoms with Gasteiger partial charge in [-0.1, -0.05) is 31.5 Å². The molecule has 0 atom stereocenters. The van der Waals surface area contributed by atoms with Crippen molar-refractivity contribution in [3.8, 4) is 5.69 Å². The van der Waals surface area contributed by atoms with Gasteiger partial charge in [0.2, 0.25) is 5.91 Å². The summed E-state index contributed by atoms with van der Waals surface area (Å²) in [6.07, 6.45) is 1.93. The minimum Gasteiger partial charge on any atom is -0.351 e. The van der Waals surface area contributed by atoms with Gasteiger partial charge in [-0.3, -0.25) is 9.59 Å². The Bertz CT molecular complexity index is 649. The third kappa shape index (κ3) is 3.94. The van der Waals surface area contributed by atoms with Crippen molar-refractivity contribution in [3.63, 3.8) is 0 Å². The van der Waals surface area contributed by atoms with Gasteiger partial charge in [0.25, 0.3) is 5.91 Å². The first-order valence-electron chi connectivity index (χ1n) is 7.33. The van der Waals surface area contributed by atoms with Gasteiger partial charge in [0.1, 0.15) is 5.82 Å². The number of hydrogen-bond acceptors (Lipinski definition) is 3. The van der Waals surface area contributed by atoms with Crippen LogP contribution in [0.15, 0.2) is 36.4 Å². The molecule has 0 fully saturated rings. The van der Waals surface area contributed by atoms with E-state index < -0.39 is 0 Å². The van der Waals surface area contributed by atoms with Gasteiger partial charge >= 0.3 is 0 Å². The normalized spacial score (nSPS) is 10.3. The molecule has 1 aromatic carbocycles. The summed E-state index contributed by atoms with van der Waals surface area (Å²) in [6.45, 7) is 4.09. The molecule has 0 aliphatic heterocycles. The zero-order valence-corrected chi connectivity index (χ0v) is 12.8. The first-order chi connectivity index (χ1) is 10.6. The third-order valence-electron chi connectivity index (χ3n) is 3.06. The van der Waals surface area contributed by atoms with E-state index in [0.29, 0.717) is 12.4 Å². The fourth-order valence-electron chi connectivity index (χ4n) is 2.00. The Labute approximate surface area is 129 Å². The van der Waals surface area contributed by atoms with Crippen LogP contribution in [0.5, 0.6) is 0 Å². The van der Waals surface area contributed by atoms with E-state index in [1.165, 1.54) is 6.92 Å². The molecule has 1 aromatic heterocycles. The largest absolute Gasteiger partial charge is 0.351 e. The van der Waals surface area contributed by atoms with Crippen molar-refractivity contribution in [3.05, 3.63) is 42.1 Å². The fourth-order valence-corrected chi connectivity index (χ4v) is 2.00. The van der Waals surface area contributed by atoms with Crippen molar-refractivity contribution in [2.24, 2.45) is 0 Å². The van der Waals surface area contributed by atoms with Crippen molar-refractivity contribution < 1.29 is 9.59 Å². The van der Waals surface area contributed by atoms with E-state index in [4.69, 9.17) is 0 Å². The maximum absolute atomic E-state index is 12.1. The lowest BCUT2D eigenvalue weighted by Crippen LogP contribution is -2.24. The Balaban J connectivity index is 2.28. The molecule has 2 amide bonds. The van der Waals surface area contributed by atoms with Crippen LogP contribution in [0, 0.1) is 0 Å². The standard InChI is InChI=1S/C16H20N4O2/c1-3-4-10-17-16(22)14-11-15(18-12(2)21)20(19-14)13-8-6-5-7-9-13/h5-9,11H,3-4,10H2,1-2H3,(H,17,22)(H,18,21). The average molecular weight is 300 g/mol. The lowest BCUT2D eigenvalue weighted by Gasteiger charge is -2.06. The summed E-state index contributed by atoms with van der Waals surface area (Å²) in [5.74, 6) is 0.0177. The smallest absolute Gasteiger partial charge is 0.271 e. The van der Waals surface area contributed by atoms with E-state index in [1.807, 2.05) is 30.3 Å². The number of para-hydroxylation sites is 1. The van der Waals surface area contributed by atoms with E-state index in [0.717, 1.165) is 18.5 Å². The molecule has 0 spiro atoms. The van der Waals surface area contributed by atoms with E-state index in [2.05, 4.69) is 22.7 Å². The molecule has 6 heteroatoms. The Kier molecular flexibility index (Phi) is 5.30. The summed E-state index contributed by atoms with van der Waals surface area (Å²) in [5.41, 5.74) is 1.06. The highest BCUT2D eigenvalue weighted by Crippen LogP contribution is 2.17. The van der Waals surface area contributed by atoms with Gasteiger partial charge < -0.3 is 10.6 Å². The van der Waals surface area contributed by atoms with Crippen LogP contribution in [-0.2, 0) is 4.79 Å². The Morgan fingerprint density at radius 2 is 1.95 bits per heavy atom. The molecule has 1 heterocycles. The van der Waals surface area contributed by atoms with Crippen LogP contribution in [0.3, 0.4) is 0 Å². The van der Waals surface area contributed by atoms with Crippen molar-refractivity contribution in [1.82, 2.24) is 15.1 Å². The first-order valence-corrected chi connectivity index (χ1v) is 7.33. The van der Waals surface area contributed by atoms with E-state index in [9.17, 15) is 9.59 Å². The Hall–Kier alpha value is -2.63. The summed E-state index contributed by atoms with van der Waals surface area (Å²) in [4.78, 5) is 23.4. The molecule has 2 aromatic rings. The maximum atomic E-state index is 12.1. The summed E-state index contributed by atoms with van der Waals surface area (Å²) >= 11 is 0. The second kappa shape index (κ2) is 7.40. The van der Waals surface area contributed by atoms with Gasteiger partial charge in [-0.25, -0.2) is 4.68 Å². The van der Waals surface area contributed by atoms with Crippen LogP contribution in [0.2, 0.25) is 0 Å². The topological polar surface area (TPSA) is 76.0 Å². The molecular weight excluding hydrogens is 280 g/mol. The highest BCUT2D eigenvalue weighted by Gasteiger charge is 2.15. The zero-order valence-electron chi connectivity index (χ0n) is 12.8. The third-order valence-corrected chi connectivity index (χ3v) is 3.06. The SMILES string of the molecule is CCCCNC(=O)c1cc(NC(C)=O)n(-c2ccccc2)n1. The van der Waals surface area contributed by atoms with Crippen LogP contribution >= 0.6 is 0 Å². The quantitative estimate of drug-likeness (QED) is 0.804. The second-order valence-electron chi connectivity index (χ2n) is 4.95. The molecule has 0 saturated carbocycles. The zero-order chi connectivity index (χ0) is 15.9. The first kappa shape index (κ1) is 15.8. The number of carbonyl (C=O) groups is 2. The molecule has 0 radical (unpaired) electrons. The maximum Gasteiger partial charge on any atom is 0.271 e. The Morgan fingerprint density at radius 3 is 2.59 bits per heavy atom. The molecule has 22 heavy (non-hydrogen) atoms. The van der Waals surface area contributed by atoms with Crippen LogP contribution < -0.4 is 10.6 Å². The number of amides is 2. The highest BCUT2D eigenvalue weighted by atomic mass is 16.2.